The van der Waals surface area contributed by atoms with Crippen LogP contribution in [-0.4, -0.2) is 54.1 Å². The molecule has 2 rings (SSSR count). The van der Waals surface area contributed by atoms with Gasteiger partial charge < -0.3 is 14.6 Å². The van der Waals surface area contributed by atoms with Crippen LogP contribution in [0.4, 0.5) is 0 Å². The van der Waals surface area contributed by atoms with E-state index < -0.39 is 24.2 Å². The monoisotopic (exact) mass is 491 g/mol. The van der Waals surface area contributed by atoms with Crippen molar-refractivity contribution in [2.75, 3.05) is 7.11 Å². The first kappa shape index (κ1) is 28.9. The molecule has 2 heterocycles. The molecule has 0 spiro atoms. The molecule has 1 fully saturated rings. The molecule has 5 atom stereocenters. The van der Waals surface area contributed by atoms with Gasteiger partial charge in [0.05, 0.1) is 12.0 Å². The average molecular weight is 492 g/mol. The molecule has 1 saturated heterocycles. The van der Waals surface area contributed by atoms with Crippen molar-refractivity contribution in [3.63, 3.8) is 0 Å². The standard InChI is InChI=1S/C27H41NO7/c1-17-14-18(2)27(35-25(32)13-8-6-5-7-12-22(34-4)26(17)33)19(3)21(29)11-9-10-20-15-23(30)28-24(31)16-20/h7,12,14,17,19-20,22,26-27,33H,5-6,8-11,13,15-16H2,1-4H3,(H,28,30,31)/t17-,19-,22+,26+,27+/m1/s1. The number of hydrogen-bond acceptors (Lipinski definition) is 7. The molecule has 8 nitrogen and oxygen atoms in total. The van der Waals surface area contributed by atoms with E-state index >= 15 is 0 Å². The Morgan fingerprint density at radius 2 is 1.91 bits per heavy atom. The number of nitrogens with one attached hydrogen (secondary N) is 1. The van der Waals surface area contributed by atoms with Gasteiger partial charge in [0.1, 0.15) is 18.0 Å². The van der Waals surface area contributed by atoms with Crippen LogP contribution in [-0.2, 0) is 28.7 Å². The first-order chi connectivity index (χ1) is 16.6. The first-order valence-corrected chi connectivity index (χ1v) is 12.7. The molecule has 0 saturated carbocycles. The van der Waals surface area contributed by atoms with Crippen LogP contribution in [0.25, 0.3) is 0 Å². The van der Waals surface area contributed by atoms with Gasteiger partial charge in [-0.3, -0.25) is 24.5 Å². The van der Waals surface area contributed by atoms with E-state index in [0.29, 0.717) is 32.1 Å². The van der Waals surface area contributed by atoms with Gasteiger partial charge >= 0.3 is 5.97 Å². The van der Waals surface area contributed by atoms with Crippen molar-refractivity contribution in [1.82, 2.24) is 5.32 Å². The summed E-state index contributed by atoms with van der Waals surface area (Å²) in [6.45, 7) is 5.45. The minimum atomic E-state index is -0.785. The summed E-state index contributed by atoms with van der Waals surface area (Å²) in [5.41, 5.74) is 0.719. The van der Waals surface area contributed by atoms with Crippen LogP contribution in [0.5, 0.6) is 0 Å². The van der Waals surface area contributed by atoms with Crippen LogP contribution in [0.1, 0.15) is 78.6 Å². The number of rotatable bonds is 7. The topological polar surface area (TPSA) is 119 Å². The molecule has 0 bridgehead atoms. The largest absolute Gasteiger partial charge is 0.457 e. The number of hydrogen-bond donors (Lipinski definition) is 2. The lowest BCUT2D eigenvalue weighted by molar-refractivity contribution is -0.151. The van der Waals surface area contributed by atoms with Gasteiger partial charge in [0.25, 0.3) is 0 Å². The second-order valence-corrected chi connectivity index (χ2v) is 9.94. The normalized spacial score (nSPS) is 28.5. The number of allylic oxidation sites excluding steroid dienone is 1. The Hall–Kier alpha value is -2.32. The maximum atomic E-state index is 13.0. The van der Waals surface area contributed by atoms with E-state index in [-0.39, 0.29) is 48.2 Å². The molecule has 2 aliphatic heterocycles. The Balaban J connectivity index is 2.09. The minimum absolute atomic E-state index is 0.0332. The quantitative estimate of drug-likeness (QED) is 0.318. The summed E-state index contributed by atoms with van der Waals surface area (Å²) in [4.78, 5) is 48.7. The van der Waals surface area contributed by atoms with E-state index in [1.807, 2.05) is 32.1 Å². The molecule has 2 aliphatic rings. The molecule has 0 aliphatic carbocycles. The van der Waals surface area contributed by atoms with Crippen LogP contribution >= 0.6 is 0 Å². The maximum absolute atomic E-state index is 13.0. The van der Waals surface area contributed by atoms with E-state index in [4.69, 9.17) is 9.47 Å². The van der Waals surface area contributed by atoms with Crippen molar-refractivity contribution in [3.8, 4) is 0 Å². The fraction of sp³-hybridized carbons (Fsp3) is 0.704. The summed E-state index contributed by atoms with van der Waals surface area (Å²) < 4.78 is 11.2. The highest BCUT2D eigenvalue weighted by Crippen LogP contribution is 2.26. The van der Waals surface area contributed by atoms with Crippen LogP contribution in [0.3, 0.4) is 0 Å². The highest BCUT2D eigenvalue weighted by Gasteiger charge is 2.31. The number of cyclic esters (lactones) is 1. The van der Waals surface area contributed by atoms with Crippen molar-refractivity contribution in [1.29, 1.82) is 0 Å². The second kappa shape index (κ2) is 14.3. The predicted octanol–water partition coefficient (Wildman–Crippen LogP) is 3.42. The fourth-order valence-electron chi connectivity index (χ4n) is 4.81. The van der Waals surface area contributed by atoms with E-state index in [1.165, 1.54) is 0 Å². The molecule has 0 unspecified atom stereocenters. The third-order valence-corrected chi connectivity index (χ3v) is 6.93. The van der Waals surface area contributed by atoms with Crippen molar-refractivity contribution >= 4 is 23.6 Å². The molecule has 2 N–H and O–H groups in total. The smallest absolute Gasteiger partial charge is 0.306 e. The lowest BCUT2D eigenvalue weighted by Gasteiger charge is -2.28. The number of aliphatic hydroxyl groups is 1. The number of carbonyl (C=O) groups is 4. The number of amides is 2. The summed E-state index contributed by atoms with van der Waals surface area (Å²) in [5.74, 6) is -1.78. The van der Waals surface area contributed by atoms with Crippen molar-refractivity contribution in [2.45, 2.75) is 96.9 Å². The van der Waals surface area contributed by atoms with E-state index in [0.717, 1.165) is 18.4 Å². The molecular weight excluding hydrogens is 450 g/mol. The lowest BCUT2D eigenvalue weighted by Crippen LogP contribution is -2.38. The molecule has 0 aromatic rings. The van der Waals surface area contributed by atoms with Crippen LogP contribution < -0.4 is 5.32 Å². The Morgan fingerprint density at radius 3 is 2.57 bits per heavy atom. The van der Waals surface area contributed by atoms with E-state index in [2.05, 4.69) is 5.32 Å². The minimum Gasteiger partial charge on any atom is -0.457 e. The van der Waals surface area contributed by atoms with E-state index in [1.54, 1.807) is 14.0 Å². The van der Waals surface area contributed by atoms with E-state index in [9.17, 15) is 24.3 Å². The molecular formula is C27H41NO7. The average Bonchev–Trinajstić information content (AvgIpc) is 2.79. The maximum Gasteiger partial charge on any atom is 0.306 e. The summed E-state index contributed by atoms with van der Waals surface area (Å²) in [6.07, 6.45) is 8.33. The molecule has 196 valence electrons. The van der Waals surface area contributed by atoms with Gasteiger partial charge in [0.2, 0.25) is 11.8 Å². The zero-order valence-electron chi connectivity index (χ0n) is 21.5. The highest BCUT2D eigenvalue weighted by atomic mass is 16.5. The Bertz CT molecular complexity index is 802. The number of esters is 1. The van der Waals surface area contributed by atoms with Gasteiger partial charge in [-0.2, -0.15) is 0 Å². The van der Waals surface area contributed by atoms with Crippen LogP contribution in [0.15, 0.2) is 23.8 Å². The third kappa shape index (κ3) is 9.33. The number of methoxy groups -OCH3 is 1. The third-order valence-electron chi connectivity index (χ3n) is 6.93. The number of imide groups is 1. The summed E-state index contributed by atoms with van der Waals surface area (Å²) >= 11 is 0. The van der Waals surface area contributed by atoms with Gasteiger partial charge in [-0.1, -0.05) is 32.1 Å². The van der Waals surface area contributed by atoms with Gasteiger partial charge in [0, 0.05) is 38.7 Å². The molecule has 35 heavy (non-hydrogen) atoms. The SMILES string of the molecule is CO[C@H]1C=CCCCCC(=O)O[C@H]([C@H](C)C(=O)CCCC2CC(=O)NC(=O)C2)C(C)=C[C@@H](C)[C@@H]1O. The number of aliphatic hydroxyl groups excluding tert-OH is 1. The predicted molar refractivity (Wildman–Crippen MR) is 131 cm³/mol. The molecule has 2 amide bonds. The molecule has 0 aromatic heterocycles. The van der Waals surface area contributed by atoms with Gasteiger partial charge in [-0.05, 0) is 50.5 Å². The molecule has 0 radical (unpaired) electrons. The van der Waals surface area contributed by atoms with Gasteiger partial charge in [-0.25, -0.2) is 0 Å². The fourth-order valence-corrected chi connectivity index (χ4v) is 4.81. The van der Waals surface area contributed by atoms with Gasteiger partial charge in [0.15, 0.2) is 0 Å². The number of piperidine rings is 1. The van der Waals surface area contributed by atoms with Crippen LogP contribution in [0.2, 0.25) is 0 Å². The highest BCUT2D eigenvalue weighted by molar-refractivity contribution is 5.97. The first-order valence-electron chi connectivity index (χ1n) is 12.7. The molecule has 8 heteroatoms. The number of ether oxygens (including phenoxy) is 2. The Morgan fingerprint density at radius 1 is 1.23 bits per heavy atom. The summed E-state index contributed by atoms with van der Waals surface area (Å²) in [5, 5.41) is 13.1. The number of carbonyl (C=O) groups excluding carboxylic acids is 4. The molecule has 0 aromatic carbocycles. The van der Waals surface area contributed by atoms with Gasteiger partial charge in [-0.15, -0.1) is 0 Å². The number of Topliss-reactive ketones (excluding diaryl/α,β-unsaturated/α-hetero) is 1. The zero-order chi connectivity index (χ0) is 26.0. The van der Waals surface area contributed by atoms with Crippen molar-refractivity contribution in [3.05, 3.63) is 23.8 Å². The summed E-state index contributed by atoms with van der Waals surface area (Å²) in [7, 11) is 1.56. The second-order valence-electron chi connectivity index (χ2n) is 9.94. The van der Waals surface area contributed by atoms with Crippen molar-refractivity contribution < 1.29 is 33.8 Å². The summed E-state index contributed by atoms with van der Waals surface area (Å²) in [6, 6.07) is 0. The van der Waals surface area contributed by atoms with Crippen molar-refractivity contribution in [2.24, 2.45) is 17.8 Å². The van der Waals surface area contributed by atoms with Crippen LogP contribution in [0, 0.1) is 17.8 Å². The Kier molecular flexibility index (Phi) is 11.8. The Labute approximate surface area is 208 Å². The lowest BCUT2D eigenvalue weighted by atomic mass is 9.86. The number of ketones is 1. The zero-order valence-corrected chi connectivity index (χ0v) is 21.5.